The summed E-state index contributed by atoms with van der Waals surface area (Å²) in [7, 11) is 0. The molecule has 0 saturated heterocycles. The van der Waals surface area contributed by atoms with Crippen LogP contribution in [0.15, 0.2) is 64.0 Å². The van der Waals surface area contributed by atoms with Gasteiger partial charge in [0.15, 0.2) is 12.0 Å². The Morgan fingerprint density at radius 3 is 2.55 bits per heavy atom. The van der Waals surface area contributed by atoms with Gasteiger partial charge in [0.05, 0.1) is 10.9 Å². The van der Waals surface area contributed by atoms with Gasteiger partial charge in [-0.05, 0) is 30.8 Å². The van der Waals surface area contributed by atoms with Gasteiger partial charge in [0.1, 0.15) is 24.2 Å². The Kier molecular flexibility index (Phi) is 7.03. The smallest absolute Gasteiger partial charge is 0.344 e. The third kappa shape index (κ3) is 5.23. The van der Waals surface area contributed by atoms with Crippen LogP contribution in [0.1, 0.15) is 13.8 Å². The van der Waals surface area contributed by atoms with Crippen LogP contribution in [0.25, 0.3) is 22.1 Å². The molecule has 0 amide bonds. The molecule has 0 aliphatic heterocycles. The predicted octanol–water partition coefficient (Wildman–Crippen LogP) is 3.72. The highest BCUT2D eigenvalue weighted by atomic mass is 16.6. The van der Waals surface area contributed by atoms with E-state index in [0.29, 0.717) is 35.4 Å². The number of hydrogen-bond donors (Lipinski definition) is 0. The molecule has 0 bridgehead atoms. The second-order valence-electron chi connectivity index (χ2n) is 6.54. The summed E-state index contributed by atoms with van der Waals surface area (Å²) in [6.07, 6.45) is 1.45. The van der Waals surface area contributed by atoms with Crippen molar-refractivity contribution in [2.45, 2.75) is 13.8 Å². The molecule has 0 N–H and O–H groups in total. The molecule has 1 aromatic heterocycles. The molecule has 3 aromatic rings. The Bertz CT molecular complexity index is 1010. The third-order valence-electron chi connectivity index (χ3n) is 4.75. The van der Waals surface area contributed by atoms with Crippen molar-refractivity contribution >= 4 is 16.9 Å². The molecule has 2 aromatic carbocycles. The first-order chi connectivity index (χ1) is 14.1. The highest BCUT2D eigenvalue weighted by Crippen LogP contribution is 2.23. The number of rotatable bonds is 9. The summed E-state index contributed by atoms with van der Waals surface area (Å²) in [5, 5.41) is 0.459. The van der Waals surface area contributed by atoms with E-state index >= 15 is 0 Å². The lowest BCUT2D eigenvalue weighted by molar-refractivity contribution is -0.146. The van der Waals surface area contributed by atoms with Crippen LogP contribution in [0.2, 0.25) is 0 Å². The number of esters is 1. The van der Waals surface area contributed by atoms with Crippen molar-refractivity contribution in [1.29, 1.82) is 0 Å². The van der Waals surface area contributed by atoms with E-state index in [1.165, 1.54) is 6.26 Å². The molecule has 0 aliphatic rings. The van der Waals surface area contributed by atoms with Crippen molar-refractivity contribution in [2.75, 3.05) is 32.8 Å². The lowest BCUT2D eigenvalue weighted by Crippen LogP contribution is -2.28. The Hall–Kier alpha value is -3.12. The van der Waals surface area contributed by atoms with E-state index in [0.717, 1.165) is 18.7 Å². The molecule has 0 unspecified atom stereocenters. The highest BCUT2D eigenvalue weighted by Gasteiger charge is 2.11. The monoisotopic (exact) mass is 395 g/mol. The van der Waals surface area contributed by atoms with Crippen molar-refractivity contribution in [2.24, 2.45) is 0 Å². The maximum atomic E-state index is 12.8. The minimum absolute atomic E-state index is 0.111. The fourth-order valence-corrected chi connectivity index (χ4v) is 3.03. The van der Waals surface area contributed by atoms with Crippen LogP contribution >= 0.6 is 0 Å². The molecule has 152 valence electrons. The molecule has 0 fully saturated rings. The number of fused-ring (bicyclic) bond motifs is 1. The van der Waals surface area contributed by atoms with Crippen LogP contribution in [-0.2, 0) is 9.53 Å². The van der Waals surface area contributed by atoms with E-state index in [2.05, 4.69) is 18.7 Å². The molecule has 1 heterocycles. The SMILES string of the molecule is CCN(CC)CCOC(=O)COc1ccc2c(=O)c(-c3ccccc3)coc2c1. The normalized spacial score (nSPS) is 11.0. The van der Waals surface area contributed by atoms with Crippen molar-refractivity contribution in [1.82, 2.24) is 4.90 Å². The van der Waals surface area contributed by atoms with Gasteiger partial charge in [-0.1, -0.05) is 44.2 Å². The second kappa shape index (κ2) is 9.89. The van der Waals surface area contributed by atoms with Gasteiger partial charge in [0, 0.05) is 12.6 Å². The predicted molar refractivity (Wildman–Crippen MR) is 112 cm³/mol. The average molecular weight is 395 g/mol. The fraction of sp³-hybridized carbons (Fsp3) is 0.304. The number of benzene rings is 2. The third-order valence-corrected chi connectivity index (χ3v) is 4.75. The van der Waals surface area contributed by atoms with Gasteiger partial charge < -0.3 is 18.8 Å². The van der Waals surface area contributed by atoms with Gasteiger partial charge in [-0.3, -0.25) is 4.79 Å². The molecule has 0 aliphatic carbocycles. The Morgan fingerprint density at radius 2 is 1.83 bits per heavy atom. The molecule has 6 heteroatoms. The van der Waals surface area contributed by atoms with Crippen molar-refractivity contribution in [3.63, 3.8) is 0 Å². The minimum Gasteiger partial charge on any atom is -0.482 e. The molecule has 0 radical (unpaired) electrons. The molecule has 29 heavy (non-hydrogen) atoms. The summed E-state index contributed by atoms with van der Waals surface area (Å²) in [6.45, 7) is 6.79. The number of likely N-dealkylation sites (N-methyl/N-ethyl adjacent to an activating group) is 1. The number of nitrogens with zero attached hydrogens (tertiary/aromatic N) is 1. The van der Waals surface area contributed by atoms with Crippen LogP contribution < -0.4 is 10.2 Å². The average Bonchev–Trinajstić information content (AvgIpc) is 2.76. The Balaban J connectivity index is 1.63. The van der Waals surface area contributed by atoms with E-state index < -0.39 is 5.97 Å². The summed E-state index contributed by atoms with van der Waals surface area (Å²) in [5.41, 5.74) is 1.60. The van der Waals surface area contributed by atoms with Crippen molar-refractivity contribution in [3.8, 4) is 16.9 Å². The van der Waals surface area contributed by atoms with Gasteiger partial charge >= 0.3 is 5.97 Å². The topological polar surface area (TPSA) is 69.0 Å². The molecule has 0 spiro atoms. The zero-order chi connectivity index (χ0) is 20.6. The van der Waals surface area contributed by atoms with Crippen LogP contribution in [0.3, 0.4) is 0 Å². The zero-order valence-corrected chi connectivity index (χ0v) is 16.7. The first-order valence-electron chi connectivity index (χ1n) is 9.74. The molecule has 0 atom stereocenters. The molecule has 0 saturated carbocycles. The summed E-state index contributed by atoms with van der Waals surface area (Å²) < 4.78 is 16.3. The zero-order valence-electron chi connectivity index (χ0n) is 16.7. The maximum Gasteiger partial charge on any atom is 0.344 e. The van der Waals surface area contributed by atoms with Crippen LogP contribution in [0, 0.1) is 0 Å². The van der Waals surface area contributed by atoms with Crippen molar-refractivity contribution in [3.05, 3.63) is 65.0 Å². The maximum absolute atomic E-state index is 12.8. The van der Waals surface area contributed by atoms with Gasteiger partial charge in [-0.25, -0.2) is 4.79 Å². The van der Waals surface area contributed by atoms with Gasteiger partial charge in [0.2, 0.25) is 0 Å². The lowest BCUT2D eigenvalue weighted by Gasteiger charge is -2.17. The first-order valence-corrected chi connectivity index (χ1v) is 9.74. The van der Waals surface area contributed by atoms with Gasteiger partial charge in [-0.2, -0.15) is 0 Å². The molecular weight excluding hydrogens is 370 g/mol. The first kappa shape index (κ1) is 20.6. The molecule has 6 nitrogen and oxygen atoms in total. The Labute approximate surface area is 169 Å². The largest absolute Gasteiger partial charge is 0.482 e. The minimum atomic E-state index is -0.432. The summed E-state index contributed by atoms with van der Waals surface area (Å²) in [4.78, 5) is 26.8. The van der Waals surface area contributed by atoms with E-state index in [4.69, 9.17) is 13.9 Å². The molecular formula is C23H25NO5. The summed E-state index contributed by atoms with van der Waals surface area (Å²) in [5.74, 6) is 0.00642. The van der Waals surface area contributed by atoms with E-state index in [-0.39, 0.29) is 12.0 Å². The second-order valence-corrected chi connectivity index (χ2v) is 6.54. The van der Waals surface area contributed by atoms with E-state index in [9.17, 15) is 9.59 Å². The summed E-state index contributed by atoms with van der Waals surface area (Å²) >= 11 is 0. The Morgan fingerprint density at radius 1 is 1.07 bits per heavy atom. The van der Waals surface area contributed by atoms with Crippen LogP contribution in [0.5, 0.6) is 5.75 Å². The number of ether oxygens (including phenoxy) is 2. The standard InChI is InChI=1S/C23H25NO5/c1-3-24(4-2)12-13-27-22(25)16-28-18-10-11-19-21(14-18)29-15-20(23(19)26)17-8-6-5-7-9-17/h5-11,14-15H,3-4,12-13,16H2,1-2H3. The van der Waals surface area contributed by atoms with Crippen LogP contribution in [0.4, 0.5) is 0 Å². The summed E-state index contributed by atoms with van der Waals surface area (Å²) in [6, 6.07) is 14.3. The van der Waals surface area contributed by atoms with Crippen molar-refractivity contribution < 1.29 is 18.7 Å². The van der Waals surface area contributed by atoms with Crippen LogP contribution in [-0.4, -0.2) is 43.7 Å². The highest BCUT2D eigenvalue weighted by molar-refractivity contribution is 5.82. The number of hydrogen-bond acceptors (Lipinski definition) is 6. The fourth-order valence-electron chi connectivity index (χ4n) is 3.03. The number of carbonyl (C=O) groups is 1. The van der Waals surface area contributed by atoms with E-state index in [1.807, 2.05) is 30.3 Å². The lowest BCUT2D eigenvalue weighted by atomic mass is 10.1. The van der Waals surface area contributed by atoms with Gasteiger partial charge in [0.25, 0.3) is 0 Å². The number of carbonyl (C=O) groups excluding carboxylic acids is 1. The van der Waals surface area contributed by atoms with E-state index in [1.54, 1.807) is 18.2 Å². The quantitative estimate of drug-likeness (QED) is 0.514. The molecule has 3 rings (SSSR count). The van der Waals surface area contributed by atoms with Gasteiger partial charge in [-0.15, -0.1) is 0 Å².